The number of aromatic amines is 2. The molecule has 0 aliphatic rings. The molecule has 27 heavy (non-hydrogen) atoms. The molecule has 7 nitrogen and oxygen atoms in total. The highest BCUT2D eigenvalue weighted by Crippen LogP contribution is 2.22. The molecule has 3 rings (SSSR count). The number of benzene rings is 1. The Balaban J connectivity index is 1.93. The van der Waals surface area contributed by atoms with Crippen LogP contribution in [0.2, 0.25) is 0 Å². The van der Waals surface area contributed by atoms with E-state index >= 15 is 0 Å². The van der Waals surface area contributed by atoms with Crippen LogP contribution in [-0.2, 0) is 12.0 Å². The Morgan fingerprint density at radius 2 is 2.11 bits per heavy atom. The summed E-state index contributed by atoms with van der Waals surface area (Å²) in [5.74, 6) is 0.123. The lowest BCUT2D eigenvalue weighted by atomic mass is 9.92. The second-order valence-corrected chi connectivity index (χ2v) is 7.65. The molecule has 3 aromatic rings. The molecule has 0 saturated heterocycles. The fraction of sp³-hybridized carbons (Fsp3) is 0.263. The average Bonchev–Trinajstić information content (AvgIpc) is 3.07. The van der Waals surface area contributed by atoms with Gasteiger partial charge in [-0.3, -0.25) is 19.3 Å². The molecule has 0 aliphatic carbocycles. The SMILES string of the molecule is C=CCn1c(=S)[nH]c2cc(C(=O)Nc3cc(C(C)(C)C)[nH]n3)ccc2c1=O. The molecule has 1 aromatic carbocycles. The molecule has 0 atom stereocenters. The number of hydrogen-bond acceptors (Lipinski definition) is 4. The lowest BCUT2D eigenvalue weighted by Gasteiger charge is -2.14. The van der Waals surface area contributed by atoms with Crippen LogP contribution in [0.25, 0.3) is 10.9 Å². The molecular weight excluding hydrogens is 362 g/mol. The highest BCUT2D eigenvalue weighted by atomic mass is 32.1. The number of anilines is 1. The van der Waals surface area contributed by atoms with Gasteiger partial charge >= 0.3 is 0 Å². The van der Waals surface area contributed by atoms with E-state index in [4.69, 9.17) is 12.2 Å². The minimum atomic E-state index is -0.321. The molecule has 2 heterocycles. The van der Waals surface area contributed by atoms with Gasteiger partial charge in [-0.25, -0.2) is 0 Å². The maximum Gasteiger partial charge on any atom is 0.262 e. The van der Waals surface area contributed by atoms with E-state index in [9.17, 15) is 9.59 Å². The van der Waals surface area contributed by atoms with Gasteiger partial charge in [0.05, 0.1) is 10.9 Å². The number of allylic oxidation sites excluding steroid dienone is 1. The molecule has 1 amide bonds. The summed E-state index contributed by atoms with van der Waals surface area (Å²) in [5, 5.41) is 10.3. The Kier molecular flexibility index (Phi) is 4.84. The van der Waals surface area contributed by atoms with E-state index in [1.165, 1.54) is 4.57 Å². The quantitative estimate of drug-likeness (QED) is 0.474. The molecule has 3 N–H and O–H groups in total. The fourth-order valence-electron chi connectivity index (χ4n) is 2.65. The van der Waals surface area contributed by atoms with E-state index in [0.29, 0.717) is 28.8 Å². The fourth-order valence-corrected chi connectivity index (χ4v) is 2.92. The van der Waals surface area contributed by atoms with Crippen molar-refractivity contribution in [2.24, 2.45) is 0 Å². The monoisotopic (exact) mass is 383 g/mol. The number of nitrogens with zero attached hydrogens (tertiary/aromatic N) is 2. The summed E-state index contributed by atoms with van der Waals surface area (Å²) >= 11 is 5.23. The maximum atomic E-state index is 12.6. The standard InChI is InChI=1S/C19H21N5O2S/c1-5-8-24-17(26)12-7-6-11(9-13(12)20-18(24)27)16(25)21-15-10-14(22-23-15)19(2,3)4/h5-7,9-10H,1,8H2,2-4H3,(H,20,27)(H2,21,22,23,25). The van der Waals surface area contributed by atoms with Crippen LogP contribution in [-0.4, -0.2) is 25.7 Å². The molecule has 0 fully saturated rings. The number of carbonyl (C=O) groups excluding carboxylic acids is 1. The van der Waals surface area contributed by atoms with Crippen LogP contribution in [0.5, 0.6) is 0 Å². The number of aromatic nitrogens is 4. The Bertz CT molecular complexity index is 1150. The van der Waals surface area contributed by atoms with Crippen molar-refractivity contribution in [2.45, 2.75) is 32.7 Å². The topological polar surface area (TPSA) is 95.6 Å². The van der Waals surface area contributed by atoms with Gasteiger partial charge in [0.15, 0.2) is 10.6 Å². The van der Waals surface area contributed by atoms with Crippen LogP contribution >= 0.6 is 12.2 Å². The number of nitrogens with one attached hydrogen (secondary N) is 3. The summed E-state index contributed by atoms with van der Waals surface area (Å²) in [7, 11) is 0. The first-order valence-electron chi connectivity index (χ1n) is 8.45. The van der Waals surface area contributed by atoms with E-state index < -0.39 is 0 Å². The zero-order valence-electron chi connectivity index (χ0n) is 15.4. The summed E-state index contributed by atoms with van der Waals surface area (Å²) in [5.41, 5.74) is 1.51. The number of H-pyrrole nitrogens is 2. The molecule has 140 valence electrons. The third-order valence-electron chi connectivity index (χ3n) is 4.18. The normalized spacial score (nSPS) is 11.5. The Labute approximate surface area is 161 Å². The molecule has 0 aliphatic heterocycles. The van der Waals surface area contributed by atoms with E-state index in [2.05, 4.69) is 47.8 Å². The largest absolute Gasteiger partial charge is 0.332 e. The van der Waals surface area contributed by atoms with Crippen molar-refractivity contribution < 1.29 is 4.79 Å². The minimum Gasteiger partial charge on any atom is -0.332 e. The van der Waals surface area contributed by atoms with E-state index in [1.807, 2.05) is 0 Å². The highest BCUT2D eigenvalue weighted by Gasteiger charge is 2.18. The summed E-state index contributed by atoms with van der Waals surface area (Å²) in [6.07, 6.45) is 1.61. The minimum absolute atomic E-state index is 0.0981. The predicted molar refractivity (Wildman–Crippen MR) is 109 cm³/mol. The predicted octanol–water partition coefficient (Wildman–Crippen LogP) is 3.52. The average molecular weight is 383 g/mol. The molecule has 0 bridgehead atoms. The van der Waals surface area contributed by atoms with Crippen molar-refractivity contribution in [1.29, 1.82) is 0 Å². The Morgan fingerprint density at radius 1 is 1.37 bits per heavy atom. The van der Waals surface area contributed by atoms with Crippen molar-refractivity contribution in [3.05, 3.63) is 63.3 Å². The third kappa shape index (κ3) is 3.75. The van der Waals surface area contributed by atoms with Crippen molar-refractivity contribution in [3.63, 3.8) is 0 Å². The number of amides is 1. The van der Waals surface area contributed by atoms with E-state index in [1.54, 1.807) is 30.3 Å². The van der Waals surface area contributed by atoms with Crippen molar-refractivity contribution in [3.8, 4) is 0 Å². The first-order chi connectivity index (χ1) is 12.7. The first-order valence-corrected chi connectivity index (χ1v) is 8.86. The number of fused-ring (bicyclic) bond motifs is 1. The summed E-state index contributed by atoms with van der Waals surface area (Å²) in [6, 6.07) is 6.63. The van der Waals surface area contributed by atoms with Gasteiger partial charge in [-0.2, -0.15) is 5.10 Å². The van der Waals surface area contributed by atoms with Gasteiger partial charge in [-0.05, 0) is 30.4 Å². The van der Waals surface area contributed by atoms with Crippen LogP contribution in [0, 0.1) is 4.77 Å². The van der Waals surface area contributed by atoms with Gasteiger partial charge in [0.25, 0.3) is 11.5 Å². The van der Waals surface area contributed by atoms with Crippen LogP contribution in [0.1, 0.15) is 36.8 Å². The number of hydrogen-bond donors (Lipinski definition) is 3. The molecule has 0 spiro atoms. The Morgan fingerprint density at radius 3 is 2.74 bits per heavy atom. The second kappa shape index (κ2) is 6.96. The lowest BCUT2D eigenvalue weighted by Crippen LogP contribution is -2.22. The molecule has 8 heteroatoms. The molecule has 2 aromatic heterocycles. The Hall–Kier alpha value is -3.00. The number of carbonyl (C=O) groups is 1. The number of rotatable bonds is 4. The van der Waals surface area contributed by atoms with E-state index in [0.717, 1.165) is 5.69 Å². The summed E-state index contributed by atoms with van der Waals surface area (Å²) < 4.78 is 1.70. The molecular formula is C19H21N5O2S. The van der Waals surface area contributed by atoms with Gasteiger partial charge in [-0.15, -0.1) is 6.58 Å². The molecule has 0 unspecified atom stereocenters. The van der Waals surface area contributed by atoms with Crippen molar-refractivity contribution >= 4 is 34.8 Å². The third-order valence-corrected chi connectivity index (χ3v) is 4.51. The van der Waals surface area contributed by atoms with Crippen LogP contribution in [0.4, 0.5) is 5.82 Å². The lowest BCUT2D eigenvalue weighted by molar-refractivity contribution is 0.102. The second-order valence-electron chi connectivity index (χ2n) is 7.27. The zero-order chi connectivity index (χ0) is 19.8. The first kappa shape index (κ1) is 18.8. The maximum absolute atomic E-state index is 12.6. The zero-order valence-corrected chi connectivity index (χ0v) is 16.2. The van der Waals surface area contributed by atoms with Crippen LogP contribution in [0.15, 0.2) is 41.7 Å². The highest BCUT2D eigenvalue weighted by molar-refractivity contribution is 7.71. The van der Waals surface area contributed by atoms with E-state index in [-0.39, 0.29) is 21.7 Å². The van der Waals surface area contributed by atoms with Gasteiger partial charge in [0, 0.05) is 29.3 Å². The van der Waals surface area contributed by atoms with Crippen molar-refractivity contribution in [1.82, 2.24) is 19.7 Å². The summed E-state index contributed by atoms with van der Waals surface area (Å²) in [4.78, 5) is 28.1. The molecule has 0 saturated carbocycles. The smallest absolute Gasteiger partial charge is 0.262 e. The van der Waals surface area contributed by atoms with Gasteiger partial charge in [0.2, 0.25) is 0 Å². The van der Waals surface area contributed by atoms with Crippen LogP contribution < -0.4 is 10.9 Å². The summed E-state index contributed by atoms with van der Waals surface area (Å²) in [6.45, 7) is 10.1. The van der Waals surface area contributed by atoms with Gasteiger partial charge in [-0.1, -0.05) is 26.8 Å². The van der Waals surface area contributed by atoms with Crippen LogP contribution in [0.3, 0.4) is 0 Å². The van der Waals surface area contributed by atoms with Gasteiger partial charge in [0.1, 0.15) is 0 Å². The van der Waals surface area contributed by atoms with Gasteiger partial charge < -0.3 is 10.3 Å². The van der Waals surface area contributed by atoms with Crippen molar-refractivity contribution in [2.75, 3.05) is 5.32 Å². The molecule has 0 radical (unpaired) electrons.